The fourth-order valence-electron chi connectivity index (χ4n) is 9.60. The number of hydrogen-bond donors (Lipinski definition) is 6. The molecule has 2 aliphatic heterocycles. The molecule has 2 saturated heterocycles. The maximum absolute atomic E-state index is 16.0. The molecule has 17 heteroatoms. The molecule has 6 heterocycles. The van der Waals surface area contributed by atoms with Crippen molar-refractivity contribution in [2.24, 2.45) is 19.8 Å². The lowest BCUT2D eigenvalue weighted by Crippen LogP contribution is -2.54. The quantitative estimate of drug-likeness (QED) is 0.0721. The molecule has 4 aromatic carbocycles. The Hall–Kier alpha value is -7.44. The average molecular weight is 910 g/mol. The van der Waals surface area contributed by atoms with Gasteiger partial charge < -0.3 is 31.5 Å². The van der Waals surface area contributed by atoms with Crippen LogP contribution >= 0.6 is 0 Å². The fourth-order valence-corrected chi connectivity index (χ4v) is 9.60. The number of fused-ring (bicyclic) bond motifs is 4. The molecule has 3 unspecified atom stereocenters. The van der Waals surface area contributed by atoms with Gasteiger partial charge >= 0.3 is 0 Å². The number of nitrogens with one attached hydrogen (secondary N) is 3. The van der Waals surface area contributed by atoms with Crippen LogP contribution in [-0.4, -0.2) is 83.7 Å². The van der Waals surface area contributed by atoms with E-state index in [1.165, 1.54) is 64.1 Å². The molecule has 10 rings (SSSR count). The van der Waals surface area contributed by atoms with Crippen molar-refractivity contribution < 1.29 is 27.8 Å². The number of hydrogen-bond acceptors (Lipinski definition) is 11. The maximum atomic E-state index is 16.0. The van der Waals surface area contributed by atoms with Crippen molar-refractivity contribution in [3.63, 3.8) is 0 Å². The predicted molar refractivity (Wildman–Crippen MR) is 253 cm³/mol. The number of terminal acetylenes is 2. The van der Waals surface area contributed by atoms with Gasteiger partial charge in [0.05, 0.1) is 28.1 Å². The summed E-state index contributed by atoms with van der Waals surface area (Å²) in [4.78, 5) is 10.9. The van der Waals surface area contributed by atoms with Crippen molar-refractivity contribution in [1.82, 2.24) is 40.2 Å². The smallest absolute Gasteiger partial charge is 0.175 e. The van der Waals surface area contributed by atoms with Crippen molar-refractivity contribution in [3.05, 3.63) is 95.3 Å². The SMILES string of the molecule is C#Cc1c(F)ccc2cc(O)cc(-c3ncc4c(N5CC(C)N[C@@H](C)C5)nn(C)c4c3F)c12.C#Cc1c(F)ccc2cc(O)cc(-c3ncc4c(NCC5CCCC(N)N5)nn(C)c4c3F)c12. The normalized spacial score (nSPS) is 18.5. The summed E-state index contributed by atoms with van der Waals surface area (Å²) >= 11 is 0. The molecule has 2 aliphatic rings. The van der Waals surface area contributed by atoms with Crippen LogP contribution in [0.5, 0.6) is 11.5 Å². The van der Waals surface area contributed by atoms with Gasteiger partial charge in [-0.15, -0.1) is 12.8 Å². The third-order valence-electron chi connectivity index (χ3n) is 12.4. The zero-order valence-corrected chi connectivity index (χ0v) is 37.1. The zero-order chi connectivity index (χ0) is 47.4. The van der Waals surface area contributed by atoms with Crippen molar-refractivity contribution in [2.75, 3.05) is 29.9 Å². The number of pyridine rings is 2. The van der Waals surface area contributed by atoms with Gasteiger partial charge in [-0.1, -0.05) is 24.0 Å². The van der Waals surface area contributed by atoms with Gasteiger partial charge in [0, 0.05) is 86.1 Å². The Morgan fingerprint density at radius 3 is 1.81 bits per heavy atom. The van der Waals surface area contributed by atoms with Crippen LogP contribution in [0.15, 0.2) is 60.9 Å². The molecule has 0 saturated carbocycles. The molecule has 67 heavy (non-hydrogen) atoms. The third kappa shape index (κ3) is 8.16. The summed E-state index contributed by atoms with van der Waals surface area (Å²) in [7, 11) is 3.32. The number of piperazine rings is 1. The number of anilines is 2. The van der Waals surface area contributed by atoms with Crippen molar-refractivity contribution >= 4 is 55.0 Å². The summed E-state index contributed by atoms with van der Waals surface area (Å²) in [6.45, 7) is 6.26. The highest BCUT2D eigenvalue weighted by atomic mass is 19.1. The van der Waals surface area contributed by atoms with E-state index in [0.29, 0.717) is 50.5 Å². The Balaban J connectivity index is 0.000000168. The molecular formula is C50H47F4N11O2. The lowest BCUT2D eigenvalue weighted by molar-refractivity contribution is 0.334. The van der Waals surface area contributed by atoms with Crippen LogP contribution in [0.25, 0.3) is 65.9 Å². The van der Waals surface area contributed by atoms with E-state index in [9.17, 15) is 19.0 Å². The standard InChI is InChI=1S/C25H24F2N6O.C25H23F2N5O/c1-3-16-19(26)8-7-13-9-15(34)10-17(21(13)16)23-22(27)24-18(12-29-23)25(32-33(24)2)30-11-14-5-4-6-20(28)31-14;1-5-17-20(26)7-6-15-8-16(33)9-18(21(15)17)23-22(27)24-19(10-28-23)25(30-31(24)4)32-11-13(2)29-14(3)12-32/h1,7-10,12,14,20,31,34H,4-6,11,28H2,2H3,(H,30,32);1,6-10,13-14,29,33H,11-12H2,2-4H3/t;13-,14?/m.0/s1. The highest BCUT2D eigenvalue weighted by molar-refractivity contribution is 6.04. The molecule has 342 valence electrons. The van der Waals surface area contributed by atoms with Crippen LogP contribution in [0.4, 0.5) is 29.2 Å². The minimum Gasteiger partial charge on any atom is -0.508 e. The van der Waals surface area contributed by atoms with E-state index in [2.05, 4.69) is 66.7 Å². The molecule has 0 amide bonds. The van der Waals surface area contributed by atoms with Crippen molar-refractivity contribution in [1.29, 1.82) is 0 Å². The largest absolute Gasteiger partial charge is 0.508 e. The van der Waals surface area contributed by atoms with E-state index in [4.69, 9.17) is 18.6 Å². The molecule has 8 aromatic rings. The molecular weight excluding hydrogens is 863 g/mol. The van der Waals surface area contributed by atoms with E-state index in [1.807, 2.05) is 0 Å². The van der Waals surface area contributed by atoms with Gasteiger partial charge in [-0.2, -0.15) is 10.2 Å². The number of rotatable bonds is 6. The lowest BCUT2D eigenvalue weighted by Gasteiger charge is -2.36. The first-order valence-corrected chi connectivity index (χ1v) is 21.8. The summed E-state index contributed by atoms with van der Waals surface area (Å²) in [5.74, 6) is 3.22. The molecule has 4 aromatic heterocycles. The van der Waals surface area contributed by atoms with E-state index in [1.54, 1.807) is 20.3 Å². The van der Waals surface area contributed by atoms with Gasteiger partial charge in [-0.3, -0.25) is 24.6 Å². The summed E-state index contributed by atoms with van der Waals surface area (Å²) < 4.78 is 63.7. The number of aryl methyl sites for hydroxylation is 2. The first-order valence-electron chi connectivity index (χ1n) is 21.8. The van der Waals surface area contributed by atoms with E-state index >= 15 is 8.78 Å². The number of aromatic hydroxyl groups is 2. The summed E-state index contributed by atoms with van der Waals surface area (Å²) in [6.07, 6.45) is 17.2. The zero-order valence-electron chi connectivity index (χ0n) is 37.1. The second-order valence-corrected chi connectivity index (χ2v) is 17.3. The van der Waals surface area contributed by atoms with Gasteiger partial charge in [0.2, 0.25) is 0 Å². The third-order valence-corrected chi connectivity index (χ3v) is 12.4. The number of nitrogens with zero attached hydrogens (tertiary/aromatic N) is 7. The minimum absolute atomic E-state index is 0.00159. The molecule has 4 atom stereocenters. The van der Waals surface area contributed by atoms with Crippen LogP contribution in [0.3, 0.4) is 0 Å². The van der Waals surface area contributed by atoms with Crippen LogP contribution < -0.4 is 26.6 Å². The van der Waals surface area contributed by atoms with Gasteiger partial charge in [0.1, 0.15) is 45.6 Å². The molecule has 7 N–H and O–H groups in total. The monoisotopic (exact) mass is 909 g/mol. The summed E-state index contributed by atoms with van der Waals surface area (Å²) in [5.41, 5.74) is 6.84. The van der Waals surface area contributed by atoms with Crippen LogP contribution in [0, 0.1) is 48.0 Å². The number of halogens is 4. The predicted octanol–water partition coefficient (Wildman–Crippen LogP) is 7.53. The number of phenolic OH excluding ortho intramolecular Hbond substituents is 2. The first kappa shape index (κ1) is 44.7. The van der Waals surface area contributed by atoms with Crippen molar-refractivity contribution in [2.45, 2.75) is 57.4 Å². The van der Waals surface area contributed by atoms with E-state index in [-0.39, 0.29) is 80.5 Å². The maximum Gasteiger partial charge on any atom is 0.175 e. The number of nitrogens with two attached hydrogens (primary N) is 1. The molecule has 0 radical (unpaired) electrons. The Morgan fingerprint density at radius 1 is 0.746 bits per heavy atom. The average Bonchev–Trinajstić information content (AvgIpc) is 3.81. The highest BCUT2D eigenvalue weighted by Gasteiger charge is 2.29. The number of aromatic nitrogens is 6. The Kier molecular flexibility index (Phi) is 11.9. The number of piperidine rings is 1. The molecule has 2 fully saturated rings. The summed E-state index contributed by atoms with van der Waals surface area (Å²) in [6, 6.07) is 11.8. The van der Waals surface area contributed by atoms with Crippen LogP contribution in [0.1, 0.15) is 44.2 Å². The number of benzene rings is 4. The minimum atomic E-state index is -0.641. The Labute approximate surface area is 383 Å². The first-order chi connectivity index (χ1) is 32.1. The molecule has 0 aliphatic carbocycles. The van der Waals surface area contributed by atoms with Gasteiger partial charge in [-0.25, -0.2) is 17.6 Å². The van der Waals surface area contributed by atoms with Gasteiger partial charge in [0.25, 0.3) is 0 Å². The molecule has 0 bridgehead atoms. The fraction of sp³-hybridized carbons (Fsp3) is 0.280. The topological polar surface area (TPSA) is 167 Å². The molecule has 13 nitrogen and oxygen atoms in total. The summed E-state index contributed by atoms with van der Waals surface area (Å²) in [5, 5.41) is 42.4. The highest BCUT2D eigenvalue weighted by Crippen LogP contribution is 2.40. The Bertz CT molecular complexity index is 3350. The van der Waals surface area contributed by atoms with E-state index in [0.717, 1.165) is 32.4 Å². The van der Waals surface area contributed by atoms with Gasteiger partial charge in [0.15, 0.2) is 23.3 Å². The van der Waals surface area contributed by atoms with Crippen LogP contribution in [-0.2, 0) is 14.1 Å². The molecule has 0 spiro atoms. The Morgan fingerprint density at radius 2 is 1.27 bits per heavy atom. The second kappa shape index (κ2) is 17.7. The van der Waals surface area contributed by atoms with Crippen molar-refractivity contribution in [3.8, 4) is 58.7 Å². The van der Waals surface area contributed by atoms with Crippen LogP contribution in [0.2, 0.25) is 0 Å². The lowest BCUT2D eigenvalue weighted by atomic mass is 9.96. The number of phenols is 2. The van der Waals surface area contributed by atoms with Gasteiger partial charge in [-0.05, 0) is 80.3 Å². The second-order valence-electron chi connectivity index (χ2n) is 17.3. The van der Waals surface area contributed by atoms with E-state index < -0.39 is 23.3 Å².